The Kier molecular flexibility index (Phi) is 4.16. The smallest absolute Gasteiger partial charge is 0.423 e. The Balaban J connectivity index is 2.73. The lowest BCUT2D eigenvalue weighted by molar-refractivity contribution is 0.160. The minimum atomic E-state index is -1.45. The number of benzene rings is 1. The normalized spacial score (nSPS) is 10.5. The summed E-state index contributed by atoms with van der Waals surface area (Å²) in [5.41, 5.74) is 1.20. The van der Waals surface area contributed by atoms with Crippen LogP contribution in [0.15, 0.2) is 29.4 Å². The zero-order valence-corrected chi connectivity index (χ0v) is 7.92. The average molecular weight is 193 g/mol. The van der Waals surface area contributed by atoms with Gasteiger partial charge in [0, 0.05) is 0 Å². The van der Waals surface area contributed by atoms with Crippen LogP contribution in [0.1, 0.15) is 12.5 Å². The molecule has 0 amide bonds. The molecule has 0 unspecified atom stereocenters. The van der Waals surface area contributed by atoms with Crippen molar-refractivity contribution in [2.45, 2.75) is 6.92 Å². The molecule has 0 radical (unpaired) electrons. The molecule has 14 heavy (non-hydrogen) atoms. The molecule has 4 nitrogen and oxygen atoms in total. The molecule has 0 fully saturated rings. The quantitative estimate of drug-likeness (QED) is 0.393. The lowest BCUT2D eigenvalue weighted by atomic mass is 9.80. The number of nitrogens with zero attached hydrogens (tertiary/aromatic N) is 1. The molecule has 74 valence electrons. The van der Waals surface area contributed by atoms with Crippen LogP contribution in [0.5, 0.6) is 0 Å². The van der Waals surface area contributed by atoms with E-state index in [4.69, 9.17) is 14.9 Å². The SMILES string of the molecule is CCON=Cc1cccc(B(O)O)c1. The molecule has 1 rings (SSSR count). The molecule has 1 aromatic rings. The largest absolute Gasteiger partial charge is 0.488 e. The predicted molar refractivity (Wildman–Crippen MR) is 55.5 cm³/mol. The Morgan fingerprint density at radius 2 is 2.29 bits per heavy atom. The monoisotopic (exact) mass is 193 g/mol. The first-order chi connectivity index (χ1) is 6.74. The summed E-state index contributed by atoms with van der Waals surface area (Å²) in [7, 11) is -1.45. The van der Waals surface area contributed by atoms with Gasteiger partial charge in [0.1, 0.15) is 6.61 Å². The van der Waals surface area contributed by atoms with Gasteiger partial charge in [-0.25, -0.2) is 0 Å². The average Bonchev–Trinajstić information content (AvgIpc) is 2.19. The fourth-order valence-electron chi connectivity index (χ4n) is 0.973. The van der Waals surface area contributed by atoms with Gasteiger partial charge in [-0.1, -0.05) is 29.4 Å². The van der Waals surface area contributed by atoms with Crippen LogP contribution in [0, 0.1) is 0 Å². The highest BCUT2D eigenvalue weighted by Crippen LogP contribution is 1.93. The minimum Gasteiger partial charge on any atom is -0.423 e. The zero-order chi connectivity index (χ0) is 10.4. The van der Waals surface area contributed by atoms with Crippen molar-refractivity contribution in [2.75, 3.05) is 6.61 Å². The van der Waals surface area contributed by atoms with Crippen LogP contribution in [0.4, 0.5) is 0 Å². The Labute approximate surface area is 83.0 Å². The molecule has 0 spiro atoms. The lowest BCUT2D eigenvalue weighted by Gasteiger charge is -1.99. The molecule has 0 aromatic heterocycles. The number of oxime groups is 1. The number of rotatable bonds is 4. The summed E-state index contributed by atoms with van der Waals surface area (Å²) >= 11 is 0. The molecule has 5 heteroatoms. The van der Waals surface area contributed by atoms with Crippen LogP contribution < -0.4 is 5.46 Å². The molecule has 0 aliphatic rings. The number of hydrogen-bond acceptors (Lipinski definition) is 4. The maximum Gasteiger partial charge on any atom is 0.488 e. The van der Waals surface area contributed by atoms with Crippen molar-refractivity contribution < 1.29 is 14.9 Å². The summed E-state index contributed by atoms with van der Waals surface area (Å²) in [5, 5.41) is 21.5. The van der Waals surface area contributed by atoms with Crippen LogP contribution in [0.3, 0.4) is 0 Å². The minimum absolute atomic E-state index is 0.436. The summed E-state index contributed by atoms with van der Waals surface area (Å²) in [6.45, 7) is 2.35. The predicted octanol–water partition coefficient (Wildman–Crippen LogP) is -0.263. The van der Waals surface area contributed by atoms with Crippen LogP contribution in [0.2, 0.25) is 0 Å². The molecule has 0 aliphatic carbocycles. The second-order valence-corrected chi connectivity index (χ2v) is 2.70. The fourth-order valence-corrected chi connectivity index (χ4v) is 0.973. The van der Waals surface area contributed by atoms with Gasteiger partial charge in [-0.3, -0.25) is 0 Å². The molecular weight excluding hydrogens is 181 g/mol. The van der Waals surface area contributed by atoms with E-state index in [9.17, 15) is 0 Å². The van der Waals surface area contributed by atoms with Crippen molar-refractivity contribution in [3.05, 3.63) is 29.8 Å². The Bertz CT molecular complexity index is 315. The van der Waals surface area contributed by atoms with Crippen molar-refractivity contribution in [1.82, 2.24) is 0 Å². The van der Waals surface area contributed by atoms with Gasteiger partial charge in [-0.2, -0.15) is 0 Å². The highest BCUT2D eigenvalue weighted by Gasteiger charge is 2.09. The van der Waals surface area contributed by atoms with Crippen LogP contribution in [-0.4, -0.2) is 30.0 Å². The topological polar surface area (TPSA) is 62.0 Å². The third kappa shape index (κ3) is 3.20. The first-order valence-electron chi connectivity index (χ1n) is 4.35. The van der Waals surface area contributed by atoms with Crippen molar-refractivity contribution in [1.29, 1.82) is 0 Å². The second kappa shape index (κ2) is 5.41. The van der Waals surface area contributed by atoms with Crippen LogP contribution in [0.25, 0.3) is 0 Å². The molecule has 1 aromatic carbocycles. The van der Waals surface area contributed by atoms with Crippen molar-refractivity contribution in [3.63, 3.8) is 0 Å². The van der Waals surface area contributed by atoms with Gasteiger partial charge >= 0.3 is 7.12 Å². The summed E-state index contributed by atoms with van der Waals surface area (Å²) < 4.78 is 0. The van der Waals surface area contributed by atoms with E-state index in [0.29, 0.717) is 12.1 Å². The van der Waals surface area contributed by atoms with E-state index >= 15 is 0 Å². The molecule has 0 aliphatic heterocycles. The van der Waals surface area contributed by atoms with E-state index in [-0.39, 0.29) is 0 Å². The highest BCUT2D eigenvalue weighted by molar-refractivity contribution is 6.58. The zero-order valence-electron chi connectivity index (χ0n) is 7.92. The maximum atomic E-state index is 8.90. The van der Waals surface area contributed by atoms with E-state index in [0.717, 1.165) is 5.56 Å². The highest BCUT2D eigenvalue weighted by atomic mass is 16.6. The molecular formula is C9H12BNO3. The standard InChI is InChI=1S/C9H12BNO3/c1-2-14-11-7-8-4-3-5-9(6-8)10(12)13/h3-7,12-13H,2H2,1H3. The first-order valence-corrected chi connectivity index (χ1v) is 4.35. The van der Waals surface area contributed by atoms with Gasteiger partial charge in [0.25, 0.3) is 0 Å². The third-order valence-corrected chi connectivity index (χ3v) is 1.61. The molecule has 0 saturated heterocycles. The summed E-state index contributed by atoms with van der Waals surface area (Å²) in [6, 6.07) is 6.78. The lowest BCUT2D eigenvalue weighted by Crippen LogP contribution is -2.29. The summed E-state index contributed by atoms with van der Waals surface area (Å²) in [4.78, 5) is 4.78. The van der Waals surface area contributed by atoms with Gasteiger partial charge in [0.05, 0.1) is 6.21 Å². The van der Waals surface area contributed by atoms with E-state index in [1.807, 2.05) is 6.92 Å². The van der Waals surface area contributed by atoms with Crippen molar-refractivity contribution in [2.24, 2.45) is 5.16 Å². The van der Waals surface area contributed by atoms with E-state index in [1.54, 1.807) is 24.3 Å². The number of hydrogen-bond donors (Lipinski definition) is 2. The van der Waals surface area contributed by atoms with E-state index in [1.165, 1.54) is 6.21 Å². The van der Waals surface area contributed by atoms with E-state index < -0.39 is 7.12 Å². The second-order valence-electron chi connectivity index (χ2n) is 2.70. The molecule has 2 N–H and O–H groups in total. The van der Waals surface area contributed by atoms with Gasteiger partial charge in [-0.05, 0) is 17.9 Å². The van der Waals surface area contributed by atoms with Gasteiger partial charge in [0.15, 0.2) is 0 Å². The summed E-state index contributed by atoms with van der Waals surface area (Å²) in [6.07, 6.45) is 1.52. The molecule has 0 heterocycles. The van der Waals surface area contributed by atoms with Gasteiger partial charge in [-0.15, -0.1) is 0 Å². The third-order valence-electron chi connectivity index (χ3n) is 1.61. The maximum absolute atomic E-state index is 8.90. The van der Waals surface area contributed by atoms with Crippen molar-refractivity contribution in [3.8, 4) is 0 Å². The van der Waals surface area contributed by atoms with Gasteiger partial charge in [0.2, 0.25) is 0 Å². The Morgan fingerprint density at radius 3 is 2.93 bits per heavy atom. The van der Waals surface area contributed by atoms with Crippen LogP contribution in [-0.2, 0) is 4.84 Å². The Hall–Kier alpha value is -1.33. The van der Waals surface area contributed by atoms with E-state index in [2.05, 4.69) is 5.16 Å². The fraction of sp³-hybridized carbons (Fsp3) is 0.222. The molecule has 0 bridgehead atoms. The first kappa shape index (κ1) is 10.8. The molecule has 0 atom stereocenters. The van der Waals surface area contributed by atoms with Crippen molar-refractivity contribution >= 4 is 18.8 Å². The Morgan fingerprint density at radius 1 is 1.50 bits per heavy atom. The van der Waals surface area contributed by atoms with Crippen LogP contribution >= 0.6 is 0 Å². The molecule has 0 saturated carbocycles. The van der Waals surface area contributed by atoms with Gasteiger partial charge < -0.3 is 14.9 Å². The summed E-state index contributed by atoms with van der Waals surface area (Å²) in [5.74, 6) is 0.